The average Bonchev–Trinajstić information content (AvgIpc) is 2.95. The van der Waals surface area contributed by atoms with Crippen molar-refractivity contribution in [3.63, 3.8) is 0 Å². The van der Waals surface area contributed by atoms with Crippen LogP contribution in [-0.4, -0.2) is 43.1 Å². The van der Waals surface area contributed by atoms with Gasteiger partial charge in [-0.3, -0.25) is 0 Å². The van der Waals surface area contributed by atoms with E-state index >= 15 is 0 Å². The normalized spacial score (nSPS) is 25.1. The molecular formula is C17H27NO3. The van der Waals surface area contributed by atoms with Crippen LogP contribution in [0.25, 0.3) is 0 Å². The second-order valence-corrected chi connectivity index (χ2v) is 5.76. The Morgan fingerprint density at radius 1 is 1.29 bits per heavy atom. The fourth-order valence-corrected chi connectivity index (χ4v) is 2.86. The maximum Gasteiger partial charge on any atom is 0.119 e. The third-order valence-electron chi connectivity index (χ3n) is 4.06. The fourth-order valence-electron chi connectivity index (χ4n) is 2.86. The van der Waals surface area contributed by atoms with Gasteiger partial charge < -0.3 is 19.9 Å². The lowest BCUT2D eigenvalue weighted by molar-refractivity contribution is 0.0295. The summed E-state index contributed by atoms with van der Waals surface area (Å²) in [6.07, 6.45) is 4.17. The van der Waals surface area contributed by atoms with Crippen LogP contribution in [0.15, 0.2) is 30.3 Å². The lowest BCUT2D eigenvalue weighted by Gasteiger charge is -2.28. The van der Waals surface area contributed by atoms with E-state index < -0.39 is 0 Å². The first-order valence-corrected chi connectivity index (χ1v) is 7.93. The Bertz CT molecular complexity index is 398. The molecule has 1 saturated carbocycles. The highest BCUT2D eigenvalue weighted by Crippen LogP contribution is 2.31. The highest BCUT2D eigenvalue weighted by Gasteiger charge is 2.38. The summed E-state index contributed by atoms with van der Waals surface area (Å²) in [4.78, 5) is 0. The van der Waals surface area contributed by atoms with Crippen LogP contribution in [-0.2, 0) is 4.74 Å². The van der Waals surface area contributed by atoms with Gasteiger partial charge in [-0.1, -0.05) is 25.1 Å². The number of para-hydroxylation sites is 1. The summed E-state index contributed by atoms with van der Waals surface area (Å²) in [5.41, 5.74) is -0.138. The fraction of sp³-hybridized carbons (Fsp3) is 0.647. The number of aliphatic hydroxyl groups excluding tert-OH is 1. The molecule has 0 bridgehead atoms. The van der Waals surface area contributed by atoms with Crippen molar-refractivity contribution in [3.05, 3.63) is 30.3 Å². The van der Waals surface area contributed by atoms with Gasteiger partial charge in [-0.15, -0.1) is 0 Å². The van der Waals surface area contributed by atoms with Crippen molar-refractivity contribution >= 4 is 0 Å². The molecule has 1 aromatic carbocycles. The van der Waals surface area contributed by atoms with Gasteiger partial charge in [0.05, 0.1) is 19.3 Å². The van der Waals surface area contributed by atoms with Crippen molar-refractivity contribution in [3.8, 4) is 5.75 Å². The summed E-state index contributed by atoms with van der Waals surface area (Å²) in [7, 11) is 0. The van der Waals surface area contributed by atoms with Crippen LogP contribution in [0.1, 0.15) is 32.6 Å². The zero-order valence-electron chi connectivity index (χ0n) is 12.9. The molecule has 0 radical (unpaired) electrons. The van der Waals surface area contributed by atoms with E-state index in [0.29, 0.717) is 13.2 Å². The van der Waals surface area contributed by atoms with E-state index in [2.05, 4.69) is 12.2 Å². The summed E-state index contributed by atoms with van der Waals surface area (Å²) < 4.78 is 11.5. The first-order valence-electron chi connectivity index (χ1n) is 7.93. The Kier molecular flexibility index (Phi) is 6.49. The molecule has 2 atom stereocenters. The quantitative estimate of drug-likeness (QED) is 0.686. The van der Waals surface area contributed by atoms with Crippen LogP contribution >= 0.6 is 0 Å². The summed E-state index contributed by atoms with van der Waals surface area (Å²) >= 11 is 0. The maximum atomic E-state index is 9.64. The van der Waals surface area contributed by atoms with Gasteiger partial charge >= 0.3 is 0 Å². The number of ether oxygens (including phenoxy) is 2. The second kappa shape index (κ2) is 8.37. The van der Waals surface area contributed by atoms with Gasteiger partial charge in [-0.25, -0.2) is 0 Å². The number of nitrogens with one attached hydrogen (secondary N) is 1. The predicted molar refractivity (Wildman–Crippen MR) is 83.6 cm³/mol. The minimum absolute atomic E-state index is 0.138. The molecule has 1 aromatic rings. The maximum absolute atomic E-state index is 9.64. The first kappa shape index (κ1) is 16.3. The van der Waals surface area contributed by atoms with Gasteiger partial charge in [0.2, 0.25) is 0 Å². The molecule has 4 nitrogen and oxygen atoms in total. The Balaban J connectivity index is 1.65. The van der Waals surface area contributed by atoms with Gasteiger partial charge in [0.25, 0.3) is 0 Å². The molecule has 0 heterocycles. The van der Waals surface area contributed by atoms with E-state index in [1.807, 2.05) is 30.3 Å². The standard InChI is InChI=1S/C17H27NO3/c1-2-10-18-17(14-19)9-8-16(13-17)21-12-11-20-15-6-4-3-5-7-15/h3-7,16,18-19H,2,8-14H2,1H3. The highest BCUT2D eigenvalue weighted by molar-refractivity contribution is 5.20. The van der Waals surface area contributed by atoms with E-state index in [1.165, 1.54) is 0 Å². The SMILES string of the molecule is CCCNC1(CO)CCC(OCCOc2ccccc2)C1. The molecule has 0 amide bonds. The number of rotatable bonds is 9. The number of aliphatic hydroxyl groups is 1. The van der Waals surface area contributed by atoms with E-state index in [0.717, 1.165) is 38.0 Å². The predicted octanol–water partition coefficient (Wildman–Crippen LogP) is 2.37. The van der Waals surface area contributed by atoms with Crippen molar-refractivity contribution in [1.29, 1.82) is 0 Å². The molecule has 2 unspecified atom stereocenters. The third-order valence-corrected chi connectivity index (χ3v) is 4.06. The molecule has 2 rings (SSSR count). The van der Waals surface area contributed by atoms with Gasteiger partial charge in [0, 0.05) is 5.54 Å². The first-order chi connectivity index (χ1) is 10.3. The molecule has 0 aliphatic heterocycles. The molecule has 0 spiro atoms. The van der Waals surface area contributed by atoms with Crippen LogP contribution in [0.5, 0.6) is 5.75 Å². The summed E-state index contributed by atoms with van der Waals surface area (Å²) in [5.74, 6) is 0.877. The van der Waals surface area contributed by atoms with E-state index in [1.54, 1.807) is 0 Å². The molecule has 4 heteroatoms. The van der Waals surface area contributed by atoms with Crippen molar-refractivity contribution in [2.45, 2.75) is 44.2 Å². The monoisotopic (exact) mass is 293 g/mol. The highest BCUT2D eigenvalue weighted by atomic mass is 16.5. The minimum atomic E-state index is -0.138. The van der Waals surface area contributed by atoms with Crippen molar-refractivity contribution in [2.75, 3.05) is 26.4 Å². The van der Waals surface area contributed by atoms with Crippen molar-refractivity contribution in [2.24, 2.45) is 0 Å². The van der Waals surface area contributed by atoms with E-state index in [-0.39, 0.29) is 18.2 Å². The zero-order chi connectivity index (χ0) is 15.0. The van der Waals surface area contributed by atoms with Crippen LogP contribution < -0.4 is 10.1 Å². The Labute approximate surface area is 127 Å². The van der Waals surface area contributed by atoms with Crippen LogP contribution in [0.3, 0.4) is 0 Å². The lowest BCUT2D eigenvalue weighted by Crippen LogP contribution is -2.47. The molecule has 118 valence electrons. The average molecular weight is 293 g/mol. The lowest BCUT2D eigenvalue weighted by atomic mass is 9.98. The van der Waals surface area contributed by atoms with Gasteiger partial charge in [-0.2, -0.15) is 0 Å². The summed E-state index contributed by atoms with van der Waals surface area (Å²) in [5, 5.41) is 13.1. The molecule has 1 fully saturated rings. The zero-order valence-corrected chi connectivity index (χ0v) is 12.9. The minimum Gasteiger partial charge on any atom is -0.491 e. The second-order valence-electron chi connectivity index (χ2n) is 5.76. The Morgan fingerprint density at radius 2 is 2.10 bits per heavy atom. The third kappa shape index (κ3) is 4.99. The van der Waals surface area contributed by atoms with Gasteiger partial charge in [0.1, 0.15) is 12.4 Å². The van der Waals surface area contributed by atoms with Crippen LogP contribution in [0.4, 0.5) is 0 Å². The largest absolute Gasteiger partial charge is 0.491 e. The summed E-state index contributed by atoms with van der Waals surface area (Å²) in [6, 6.07) is 9.78. The number of benzene rings is 1. The Hall–Kier alpha value is -1.10. The molecule has 0 saturated heterocycles. The van der Waals surface area contributed by atoms with E-state index in [9.17, 15) is 5.11 Å². The topological polar surface area (TPSA) is 50.7 Å². The molecule has 1 aliphatic carbocycles. The van der Waals surface area contributed by atoms with Crippen LogP contribution in [0.2, 0.25) is 0 Å². The van der Waals surface area contributed by atoms with Crippen LogP contribution in [0, 0.1) is 0 Å². The molecular weight excluding hydrogens is 266 g/mol. The molecule has 0 aromatic heterocycles. The van der Waals surface area contributed by atoms with Crippen molar-refractivity contribution in [1.82, 2.24) is 5.32 Å². The van der Waals surface area contributed by atoms with E-state index in [4.69, 9.17) is 9.47 Å². The smallest absolute Gasteiger partial charge is 0.119 e. The molecule has 21 heavy (non-hydrogen) atoms. The molecule has 2 N–H and O–H groups in total. The van der Waals surface area contributed by atoms with Gasteiger partial charge in [-0.05, 0) is 44.4 Å². The number of hydrogen-bond donors (Lipinski definition) is 2. The Morgan fingerprint density at radius 3 is 2.81 bits per heavy atom. The van der Waals surface area contributed by atoms with Gasteiger partial charge in [0.15, 0.2) is 0 Å². The number of hydrogen-bond acceptors (Lipinski definition) is 4. The van der Waals surface area contributed by atoms with Crippen molar-refractivity contribution < 1.29 is 14.6 Å². The molecule has 1 aliphatic rings. The summed E-state index contributed by atoms with van der Waals surface area (Å²) in [6.45, 7) is 4.43.